The van der Waals surface area contributed by atoms with Crippen LogP contribution in [0.25, 0.3) is 5.32 Å². The predicted molar refractivity (Wildman–Crippen MR) is 132 cm³/mol. The number of hydrogen-bond donors (Lipinski definition) is 0. The average molecular weight is 485 g/mol. The average Bonchev–Trinajstić information content (AvgIpc) is 2.84. The number of rotatable bonds is 14. The number of nitrogens with zero attached hydrogens (tertiary/aromatic N) is 2. The van der Waals surface area contributed by atoms with Gasteiger partial charge in [-0.15, -0.1) is 12.7 Å². The summed E-state index contributed by atoms with van der Waals surface area (Å²) in [5.41, 5.74) is 4.09. The summed E-state index contributed by atoms with van der Waals surface area (Å²) in [7, 11) is 1.81. The van der Waals surface area contributed by atoms with Gasteiger partial charge in [-0.05, 0) is 62.1 Å². The van der Waals surface area contributed by atoms with Crippen molar-refractivity contribution in [1.29, 1.82) is 0 Å². The second-order valence-corrected chi connectivity index (χ2v) is 9.23. The summed E-state index contributed by atoms with van der Waals surface area (Å²) >= 11 is 0.486. The van der Waals surface area contributed by atoms with Gasteiger partial charge in [-0.3, -0.25) is 4.98 Å². The van der Waals surface area contributed by atoms with Crippen molar-refractivity contribution in [1.82, 2.24) is 4.98 Å². The van der Waals surface area contributed by atoms with Crippen LogP contribution in [0, 0.1) is 0 Å². The summed E-state index contributed by atoms with van der Waals surface area (Å²) in [6, 6.07) is 12.7. The molecule has 0 atom stereocenters. The minimum Gasteiger partial charge on any atom is -0.687 e. The Labute approximate surface area is 241 Å². The van der Waals surface area contributed by atoms with Gasteiger partial charge in [0.15, 0.2) is 0 Å². The molecular weight excluding hydrogens is 446 g/mol. The maximum atomic E-state index is 13.5. The number of ether oxygens (including phenoxy) is 1. The second-order valence-electron chi connectivity index (χ2n) is 8.21. The maximum absolute atomic E-state index is 13.5. The molecule has 1 aromatic heterocycles. The zero-order valence-corrected chi connectivity index (χ0v) is 24.7. The van der Waals surface area contributed by atoms with Crippen LogP contribution >= 0.6 is 12.1 Å². The molecular formula is C26H38FKN2OS. The molecule has 0 saturated heterocycles. The zero-order chi connectivity index (χ0) is 22.7. The third-order valence-corrected chi connectivity index (χ3v) is 7.83. The number of benzene rings is 1. The summed E-state index contributed by atoms with van der Waals surface area (Å²) < 4.78 is 19.6. The van der Waals surface area contributed by atoms with E-state index < -0.39 is 5.60 Å². The molecule has 0 spiro atoms. The number of aromatic nitrogens is 1. The van der Waals surface area contributed by atoms with Crippen LogP contribution in [0.4, 0.5) is 9.57 Å². The second kappa shape index (κ2) is 15.1. The van der Waals surface area contributed by atoms with Gasteiger partial charge in [-0.25, -0.2) is 0 Å². The molecule has 1 aromatic carbocycles. The standard InChI is InChI=1S/C26H38FN2OS.K/c1-6-25(7-2,31-27)18-19-30-26(8-3,9-4)24-17-14-22(20-29-24)11-10-21-12-15-23(28-5)16-13-21;/h12-17,20H,6-11,18-19H2,1-5H3;/q-1;+1. The van der Waals surface area contributed by atoms with Crippen molar-refractivity contribution in [2.24, 2.45) is 0 Å². The summed E-state index contributed by atoms with van der Waals surface area (Å²) in [6.45, 7) is 8.93. The van der Waals surface area contributed by atoms with Crippen molar-refractivity contribution in [2.75, 3.05) is 13.7 Å². The van der Waals surface area contributed by atoms with Gasteiger partial charge < -0.3 is 10.1 Å². The first-order chi connectivity index (χ1) is 15.0. The molecule has 0 N–H and O–H groups in total. The quantitative estimate of drug-likeness (QED) is 0.350. The molecule has 0 aliphatic heterocycles. The molecule has 2 aromatic rings. The predicted octanol–water partition coefficient (Wildman–Crippen LogP) is 5.10. The monoisotopic (exact) mass is 484 g/mol. The van der Waals surface area contributed by atoms with Crippen LogP contribution in [0.15, 0.2) is 42.6 Å². The van der Waals surface area contributed by atoms with E-state index in [0.29, 0.717) is 25.2 Å². The number of pyridine rings is 1. The van der Waals surface area contributed by atoms with Crippen molar-refractivity contribution >= 4 is 17.8 Å². The minimum atomic E-state index is -0.411. The first-order valence-corrected chi connectivity index (χ1v) is 12.3. The summed E-state index contributed by atoms with van der Waals surface area (Å²) in [5, 5.41) is 4.19. The molecule has 0 saturated carbocycles. The van der Waals surface area contributed by atoms with Crippen molar-refractivity contribution in [3.05, 3.63) is 64.7 Å². The maximum Gasteiger partial charge on any atom is 1.00 e. The molecule has 3 nitrogen and oxygen atoms in total. The van der Waals surface area contributed by atoms with E-state index in [2.05, 4.69) is 69.4 Å². The molecule has 0 aliphatic rings. The molecule has 32 heavy (non-hydrogen) atoms. The van der Waals surface area contributed by atoms with Crippen molar-refractivity contribution < 1.29 is 60.0 Å². The van der Waals surface area contributed by atoms with Gasteiger partial charge in [0.05, 0.1) is 17.8 Å². The van der Waals surface area contributed by atoms with E-state index in [9.17, 15) is 3.89 Å². The van der Waals surface area contributed by atoms with E-state index in [0.717, 1.165) is 49.9 Å². The van der Waals surface area contributed by atoms with Crippen LogP contribution in [0.3, 0.4) is 0 Å². The van der Waals surface area contributed by atoms with Crippen LogP contribution in [0.5, 0.6) is 0 Å². The molecule has 6 heteroatoms. The van der Waals surface area contributed by atoms with Crippen LogP contribution in [-0.2, 0) is 23.2 Å². The SMILES string of the molecule is CCC(CC)(CCOC(CC)(CC)c1ccc(CCc2ccc([N-]C)cc2)cn1)SF.[K+]. The van der Waals surface area contributed by atoms with Gasteiger partial charge >= 0.3 is 51.4 Å². The number of aryl methyl sites for hydroxylation is 2. The third kappa shape index (κ3) is 8.07. The largest absolute Gasteiger partial charge is 1.00 e. The van der Waals surface area contributed by atoms with Crippen LogP contribution < -0.4 is 51.4 Å². The Morgan fingerprint density at radius 1 is 0.906 bits per heavy atom. The normalized spacial score (nSPS) is 11.8. The Morgan fingerprint density at radius 3 is 1.97 bits per heavy atom. The molecule has 0 aliphatic carbocycles. The number of hydrogen-bond acceptors (Lipinski definition) is 3. The van der Waals surface area contributed by atoms with Gasteiger partial charge in [0.1, 0.15) is 5.60 Å². The molecule has 0 bridgehead atoms. The fraction of sp³-hybridized carbons (Fsp3) is 0.577. The van der Waals surface area contributed by atoms with Crippen molar-refractivity contribution in [3.8, 4) is 0 Å². The Kier molecular flexibility index (Phi) is 14.2. The zero-order valence-electron chi connectivity index (χ0n) is 20.8. The number of halogens is 1. The first-order valence-electron chi connectivity index (χ1n) is 11.6. The summed E-state index contributed by atoms with van der Waals surface area (Å²) in [5.74, 6) is 0. The van der Waals surface area contributed by atoms with Gasteiger partial charge in [-0.1, -0.05) is 58.0 Å². The van der Waals surface area contributed by atoms with E-state index >= 15 is 0 Å². The minimum absolute atomic E-state index is 0. The van der Waals surface area contributed by atoms with E-state index in [1.165, 1.54) is 11.1 Å². The van der Waals surface area contributed by atoms with Crippen LogP contribution in [0.2, 0.25) is 0 Å². The molecule has 0 amide bonds. The Morgan fingerprint density at radius 2 is 1.50 bits per heavy atom. The summed E-state index contributed by atoms with van der Waals surface area (Å²) in [4.78, 5) is 4.79. The van der Waals surface area contributed by atoms with E-state index in [1.807, 2.05) is 13.2 Å². The molecule has 172 valence electrons. The van der Waals surface area contributed by atoms with E-state index in [-0.39, 0.29) is 56.1 Å². The molecule has 0 fully saturated rings. The van der Waals surface area contributed by atoms with Gasteiger partial charge in [0.25, 0.3) is 0 Å². The Balaban J connectivity index is 0.00000512. The van der Waals surface area contributed by atoms with Crippen LogP contribution in [0.1, 0.15) is 76.6 Å². The smallest absolute Gasteiger partial charge is 0.687 e. The summed E-state index contributed by atoms with van der Waals surface area (Å²) in [6.07, 6.45) is 7.93. The van der Waals surface area contributed by atoms with Crippen molar-refractivity contribution in [2.45, 2.75) is 83.0 Å². The van der Waals surface area contributed by atoms with Gasteiger partial charge in [-0.2, -0.15) is 3.89 Å². The van der Waals surface area contributed by atoms with Crippen LogP contribution in [-0.4, -0.2) is 23.4 Å². The molecule has 0 unspecified atom stereocenters. The molecule has 1 heterocycles. The van der Waals surface area contributed by atoms with Crippen molar-refractivity contribution in [3.63, 3.8) is 0 Å². The molecule has 0 radical (unpaired) electrons. The third-order valence-electron chi connectivity index (χ3n) is 6.72. The fourth-order valence-corrected chi connectivity index (χ4v) is 4.39. The van der Waals surface area contributed by atoms with E-state index in [4.69, 9.17) is 9.72 Å². The first kappa shape index (κ1) is 30.1. The Bertz CT molecular complexity index is 754. The van der Waals surface area contributed by atoms with Gasteiger partial charge in [0, 0.05) is 17.6 Å². The Hall–Kier alpha value is 0.0464. The fourth-order valence-electron chi connectivity index (χ4n) is 4.02. The van der Waals surface area contributed by atoms with E-state index in [1.54, 1.807) is 0 Å². The van der Waals surface area contributed by atoms with Gasteiger partial charge in [0.2, 0.25) is 0 Å². The molecule has 2 rings (SSSR count). The topological polar surface area (TPSA) is 36.2 Å².